The zero-order valence-corrected chi connectivity index (χ0v) is 18.5. The number of carbonyl (C=O) groups is 2. The lowest BCUT2D eigenvalue weighted by molar-refractivity contribution is -0.140. The number of carbonyl (C=O) groups excluding carboxylic acids is 2. The number of hydrogen-bond acceptors (Lipinski definition) is 5. The summed E-state index contributed by atoms with van der Waals surface area (Å²) in [5, 5.41) is 3.93. The lowest BCUT2D eigenvalue weighted by atomic mass is 9.78. The van der Waals surface area contributed by atoms with Crippen LogP contribution in [-0.4, -0.2) is 24.0 Å². The Balaban J connectivity index is 1.65. The van der Waals surface area contributed by atoms with E-state index in [9.17, 15) is 9.59 Å². The van der Waals surface area contributed by atoms with Crippen molar-refractivity contribution >= 4 is 23.2 Å². The Kier molecular flexibility index (Phi) is 5.77. The minimum atomic E-state index is -0.440. The Morgan fingerprint density at radius 2 is 1.94 bits per heavy atom. The molecule has 0 radical (unpaired) electrons. The molecule has 1 aromatic carbocycles. The van der Waals surface area contributed by atoms with Gasteiger partial charge in [-0.1, -0.05) is 48.5 Å². The zero-order chi connectivity index (χ0) is 22.1. The smallest absolute Gasteiger partial charge is 0.331 e. The molecule has 160 valence electrons. The molecule has 0 amide bonds. The molecule has 2 aliphatic carbocycles. The van der Waals surface area contributed by atoms with E-state index in [-0.39, 0.29) is 23.5 Å². The lowest BCUT2D eigenvalue weighted by Gasteiger charge is -2.27. The Bertz CT molecular complexity index is 1070. The standard InChI is InChI=1S/C26H28N2O3/c1-5-28-24-12-10-19(17(3)27-31-18(4)29)14-22(24)23-15-20(11-13-25(23)28)26(30)21-9-7-6-8-16(21)2/h6-14,16,21,23H,5,15H2,1-4H3/b27-17+. The van der Waals surface area contributed by atoms with Crippen LogP contribution in [0.25, 0.3) is 0 Å². The molecular weight excluding hydrogens is 388 g/mol. The van der Waals surface area contributed by atoms with E-state index in [0.29, 0.717) is 12.1 Å². The molecular formula is C26H28N2O3. The van der Waals surface area contributed by atoms with Gasteiger partial charge in [0.2, 0.25) is 0 Å². The van der Waals surface area contributed by atoms with Crippen molar-refractivity contribution in [2.24, 2.45) is 17.0 Å². The summed E-state index contributed by atoms with van der Waals surface area (Å²) in [6.45, 7) is 8.25. The van der Waals surface area contributed by atoms with Crippen LogP contribution < -0.4 is 4.90 Å². The fourth-order valence-corrected chi connectivity index (χ4v) is 4.67. The zero-order valence-electron chi connectivity index (χ0n) is 18.5. The third kappa shape index (κ3) is 3.92. The first kappa shape index (κ1) is 21.0. The van der Waals surface area contributed by atoms with E-state index in [2.05, 4.69) is 48.2 Å². The molecule has 4 rings (SSSR count). The highest BCUT2D eigenvalue weighted by Crippen LogP contribution is 2.49. The molecule has 1 aromatic rings. The van der Waals surface area contributed by atoms with Crippen molar-refractivity contribution in [3.8, 4) is 0 Å². The van der Waals surface area contributed by atoms with Gasteiger partial charge in [0.05, 0.1) is 5.71 Å². The van der Waals surface area contributed by atoms with Crippen molar-refractivity contribution in [2.75, 3.05) is 11.4 Å². The highest BCUT2D eigenvalue weighted by molar-refractivity contribution is 6.01. The van der Waals surface area contributed by atoms with E-state index in [4.69, 9.17) is 4.84 Å². The molecule has 0 aromatic heterocycles. The largest absolute Gasteiger partial charge is 0.345 e. The van der Waals surface area contributed by atoms with E-state index in [0.717, 1.165) is 17.7 Å². The second-order valence-electron chi connectivity index (χ2n) is 8.34. The van der Waals surface area contributed by atoms with Crippen LogP contribution in [0.3, 0.4) is 0 Å². The molecule has 3 unspecified atom stereocenters. The average molecular weight is 417 g/mol. The summed E-state index contributed by atoms with van der Waals surface area (Å²) in [7, 11) is 0. The van der Waals surface area contributed by atoms with Gasteiger partial charge in [0, 0.05) is 36.7 Å². The van der Waals surface area contributed by atoms with Gasteiger partial charge in [-0.05, 0) is 61.1 Å². The number of ketones is 1. The number of nitrogens with zero attached hydrogens (tertiary/aromatic N) is 2. The molecule has 1 aliphatic heterocycles. The molecule has 0 bridgehead atoms. The third-order valence-corrected chi connectivity index (χ3v) is 6.32. The van der Waals surface area contributed by atoms with E-state index < -0.39 is 5.97 Å². The normalized spacial score (nSPS) is 24.3. The maximum absolute atomic E-state index is 13.3. The lowest BCUT2D eigenvalue weighted by Crippen LogP contribution is -2.25. The van der Waals surface area contributed by atoms with Gasteiger partial charge in [-0.2, -0.15) is 0 Å². The van der Waals surface area contributed by atoms with Crippen LogP contribution >= 0.6 is 0 Å². The second kappa shape index (κ2) is 8.50. The molecule has 31 heavy (non-hydrogen) atoms. The van der Waals surface area contributed by atoms with Gasteiger partial charge in [0.15, 0.2) is 5.78 Å². The van der Waals surface area contributed by atoms with Gasteiger partial charge in [-0.15, -0.1) is 0 Å². The molecule has 5 heteroatoms. The van der Waals surface area contributed by atoms with Crippen LogP contribution in [-0.2, 0) is 14.4 Å². The van der Waals surface area contributed by atoms with Crippen LogP contribution in [0.15, 0.2) is 71.1 Å². The summed E-state index contributed by atoms with van der Waals surface area (Å²) in [5.41, 5.74) is 6.02. The molecule has 0 saturated carbocycles. The number of fused-ring (bicyclic) bond motifs is 3. The average Bonchev–Trinajstić information content (AvgIpc) is 3.09. The number of allylic oxidation sites excluding steroid dienone is 8. The van der Waals surface area contributed by atoms with Crippen LogP contribution in [0.5, 0.6) is 0 Å². The van der Waals surface area contributed by atoms with Gasteiger partial charge >= 0.3 is 5.97 Å². The number of rotatable bonds is 5. The Labute approximate surface area is 183 Å². The predicted octanol–water partition coefficient (Wildman–Crippen LogP) is 5.06. The summed E-state index contributed by atoms with van der Waals surface area (Å²) in [6.07, 6.45) is 12.9. The van der Waals surface area contributed by atoms with Crippen molar-refractivity contribution < 1.29 is 14.4 Å². The maximum atomic E-state index is 13.3. The van der Waals surface area contributed by atoms with Gasteiger partial charge in [0.25, 0.3) is 0 Å². The van der Waals surface area contributed by atoms with Crippen molar-refractivity contribution in [1.29, 1.82) is 0 Å². The molecule has 0 N–H and O–H groups in total. The minimum Gasteiger partial charge on any atom is -0.345 e. The van der Waals surface area contributed by atoms with Crippen molar-refractivity contribution in [3.05, 3.63) is 77.1 Å². The van der Waals surface area contributed by atoms with Gasteiger partial charge < -0.3 is 9.74 Å². The van der Waals surface area contributed by atoms with E-state index in [1.54, 1.807) is 0 Å². The SMILES string of the molecule is CCN1C2=CC=C(C(=O)C3C=CC=CC3C)CC2c2cc(/C(C)=N/OC(C)=O)ccc21. The number of oxime groups is 1. The summed E-state index contributed by atoms with van der Waals surface area (Å²) in [6, 6.07) is 6.21. The molecule has 3 aliphatic rings. The predicted molar refractivity (Wildman–Crippen MR) is 123 cm³/mol. The van der Waals surface area contributed by atoms with E-state index >= 15 is 0 Å². The van der Waals surface area contributed by atoms with Crippen LogP contribution in [0.4, 0.5) is 5.69 Å². The highest BCUT2D eigenvalue weighted by atomic mass is 16.7. The maximum Gasteiger partial charge on any atom is 0.331 e. The molecule has 1 heterocycles. The number of Topliss-reactive ketones (excluding diaryl/α,β-unsaturated/α-hetero) is 1. The number of anilines is 1. The van der Waals surface area contributed by atoms with Gasteiger partial charge in [-0.25, -0.2) is 4.79 Å². The highest BCUT2D eigenvalue weighted by Gasteiger charge is 2.37. The minimum absolute atomic E-state index is 0.0983. The summed E-state index contributed by atoms with van der Waals surface area (Å²) >= 11 is 0. The molecule has 3 atom stereocenters. The Morgan fingerprint density at radius 3 is 2.65 bits per heavy atom. The van der Waals surface area contributed by atoms with E-state index in [1.165, 1.54) is 23.9 Å². The summed E-state index contributed by atoms with van der Waals surface area (Å²) in [4.78, 5) is 31.5. The molecule has 0 fully saturated rings. The summed E-state index contributed by atoms with van der Waals surface area (Å²) < 4.78 is 0. The quantitative estimate of drug-likeness (QED) is 0.382. The Hall–Kier alpha value is -3.21. The van der Waals surface area contributed by atoms with E-state index in [1.807, 2.05) is 37.3 Å². The van der Waals surface area contributed by atoms with Gasteiger partial charge in [-0.3, -0.25) is 4.79 Å². The number of benzene rings is 1. The topological polar surface area (TPSA) is 59.0 Å². The van der Waals surface area contributed by atoms with Crippen molar-refractivity contribution in [1.82, 2.24) is 0 Å². The van der Waals surface area contributed by atoms with Crippen molar-refractivity contribution in [3.63, 3.8) is 0 Å². The van der Waals surface area contributed by atoms with Gasteiger partial charge in [0.1, 0.15) is 0 Å². The monoisotopic (exact) mass is 416 g/mol. The number of hydrogen-bond donors (Lipinski definition) is 0. The molecule has 5 nitrogen and oxygen atoms in total. The molecule has 0 saturated heterocycles. The second-order valence-corrected chi connectivity index (χ2v) is 8.34. The first-order chi connectivity index (χ1) is 14.9. The molecule has 0 spiro atoms. The van der Waals surface area contributed by atoms with Crippen LogP contribution in [0.1, 0.15) is 51.2 Å². The first-order valence-corrected chi connectivity index (χ1v) is 10.8. The van der Waals surface area contributed by atoms with Crippen molar-refractivity contribution in [2.45, 2.75) is 40.0 Å². The third-order valence-electron chi connectivity index (χ3n) is 6.32. The first-order valence-electron chi connectivity index (χ1n) is 10.8. The fraction of sp³-hybridized carbons (Fsp3) is 0.346. The fourth-order valence-electron chi connectivity index (χ4n) is 4.67. The Morgan fingerprint density at radius 1 is 1.16 bits per heavy atom. The summed E-state index contributed by atoms with van der Waals surface area (Å²) in [5.74, 6) is 0.0176. The van der Waals surface area contributed by atoms with Crippen LogP contribution in [0.2, 0.25) is 0 Å². The van der Waals surface area contributed by atoms with Crippen LogP contribution in [0, 0.1) is 11.8 Å². The number of likely N-dealkylation sites (N-methyl/N-ethyl adjacent to an activating group) is 1.